The van der Waals surface area contributed by atoms with E-state index in [0.29, 0.717) is 0 Å². The summed E-state index contributed by atoms with van der Waals surface area (Å²) >= 11 is 2.88. The van der Waals surface area contributed by atoms with Gasteiger partial charge in [-0.25, -0.2) is 4.79 Å². The molecule has 0 radical (unpaired) electrons. The standard InChI is InChI=1S/CH2O2S.Ba.2H/c2-1(3)4;;;/h4H,(H,2,3);;;/q;+2;2*-1. The molecule has 0 fully saturated rings. The van der Waals surface area contributed by atoms with Gasteiger partial charge in [0.25, 0.3) is 0 Å². The second kappa shape index (κ2) is 5.39. The van der Waals surface area contributed by atoms with Crippen LogP contribution in [0.15, 0.2) is 0 Å². The maximum atomic E-state index is 8.86. The minimum Gasteiger partial charge on any atom is -1.00 e. The Hall–Kier alpha value is 1.39. The van der Waals surface area contributed by atoms with E-state index in [1.54, 1.807) is 0 Å². The Labute approximate surface area is 78.4 Å². The quantitative estimate of drug-likeness (QED) is 0.456. The number of hydrogen-bond donors (Lipinski definition) is 2. The van der Waals surface area contributed by atoms with Crippen LogP contribution in [0.25, 0.3) is 0 Å². The van der Waals surface area contributed by atoms with Crippen molar-refractivity contribution in [3.8, 4) is 0 Å². The first-order valence-corrected chi connectivity index (χ1v) is 1.10. The summed E-state index contributed by atoms with van der Waals surface area (Å²) in [6.45, 7) is 0. The normalized spacial score (nSPS) is 5.00. The molecule has 0 saturated carbocycles. The van der Waals surface area contributed by atoms with E-state index in [1.165, 1.54) is 0 Å². The van der Waals surface area contributed by atoms with Gasteiger partial charge < -0.3 is 7.96 Å². The smallest absolute Gasteiger partial charge is 1.00 e. The van der Waals surface area contributed by atoms with Crippen LogP contribution in [0.2, 0.25) is 0 Å². The number of carboxylic acid groups (broad SMARTS) is 1. The summed E-state index contributed by atoms with van der Waals surface area (Å²) < 4.78 is 0. The Bertz CT molecular complexity index is 38.7. The maximum Gasteiger partial charge on any atom is 2.00 e. The Morgan fingerprint density at radius 1 is 2.00 bits per heavy atom. The Morgan fingerprint density at radius 2 is 2.00 bits per heavy atom. The molecule has 0 unspecified atom stereocenters. The van der Waals surface area contributed by atoms with Gasteiger partial charge in [-0.3, -0.25) is 0 Å². The molecule has 0 aromatic heterocycles. The fourth-order valence-electron chi connectivity index (χ4n) is 0. The molecular weight excluding hydrogens is 213 g/mol. The van der Waals surface area contributed by atoms with Gasteiger partial charge in [-0.1, -0.05) is 12.6 Å². The van der Waals surface area contributed by atoms with Crippen LogP contribution in [0.3, 0.4) is 0 Å². The molecular formula is CH4BaO2S. The van der Waals surface area contributed by atoms with E-state index in [2.05, 4.69) is 12.6 Å². The molecule has 4 heteroatoms. The van der Waals surface area contributed by atoms with Crippen molar-refractivity contribution < 1.29 is 12.8 Å². The molecule has 0 bridgehead atoms. The van der Waals surface area contributed by atoms with Crippen molar-refractivity contribution in [1.29, 1.82) is 0 Å². The van der Waals surface area contributed by atoms with Gasteiger partial charge in [-0.05, 0) is 0 Å². The Kier molecular flexibility index (Phi) is 10.4. The summed E-state index contributed by atoms with van der Waals surface area (Å²) in [6.07, 6.45) is 0. The molecule has 0 aliphatic carbocycles. The second-order valence-electron chi connectivity index (χ2n) is 0.283. The molecule has 28 valence electrons. The SMILES string of the molecule is O=C(O)S.[Ba+2].[H-].[H-]. The number of thiol groups is 1. The van der Waals surface area contributed by atoms with Crippen molar-refractivity contribution >= 4 is 66.8 Å². The van der Waals surface area contributed by atoms with Gasteiger partial charge in [-0.15, -0.1) is 0 Å². The molecule has 0 saturated heterocycles. The van der Waals surface area contributed by atoms with E-state index >= 15 is 0 Å². The van der Waals surface area contributed by atoms with Crippen molar-refractivity contribution in [1.82, 2.24) is 0 Å². The van der Waals surface area contributed by atoms with Gasteiger partial charge in [0.2, 0.25) is 0 Å². The summed E-state index contributed by atoms with van der Waals surface area (Å²) in [5.74, 6) is 0. The molecule has 1 N–H and O–H groups in total. The molecule has 0 amide bonds. The third kappa shape index (κ3) is 32.0. The predicted molar refractivity (Wildman–Crippen MR) is 25.0 cm³/mol. The molecule has 2 nitrogen and oxygen atoms in total. The maximum absolute atomic E-state index is 8.86. The van der Waals surface area contributed by atoms with Crippen LogP contribution < -0.4 is 0 Å². The van der Waals surface area contributed by atoms with Gasteiger partial charge in [-0.2, -0.15) is 0 Å². The molecule has 0 heterocycles. The minimum absolute atomic E-state index is 0. The first-order valence-electron chi connectivity index (χ1n) is 0.651. The third-order valence-electron chi connectivity index (χ3n) is 0. The zero-order valence-corrected chi connectivity index (χ0v) is 7.84. The number of rotatable bonds is 0. The van der Waals surface area contributed by atoms with Crippen LogP contribution in [0.1, 0.15) is 2.85 Å². The zero-order chi connectivity index (χ0) is 3.58. The molecule has 0 aromatic rings. The van der Waals surface area contributed by atoms with E-state index in [1.807, 2.05) is 0 Å². The van der Waals surface area contributed by atoms with Gasteiger partial charge in [0.15, 0.2) is 0 Å². The molecule has 5 heavy (non-hydrogen) atoms. The molecule has 0 rings (SSSR count). The van der Waals surface area contributed by atoms with Gasteiger partial charge in [0.05, 0.1) is 0 Å². The van der Waals surface area contributed by atoms with Crippen LogP contribution in [0.5, 0.6) is 0 Å². The Balaban J connectivity index is -0.0000000150. The first kappa shape index (κ1) is 9.63. The van der Waals surface area contributed by atoms with Crippen LogP contribution in [0.4, 0.5) is 4.79 Å². The second-order valence-corrected chi connectivity index (χ2v) is 0.665. The fraction of sp³-hybridized carbons (Fsp3) is 0. The van der Waals surface area contributed by atoms with Crippen LogP contribution >= 0.6 is 12.6 Å². The summed E-state index contributed by atoms with van der Waals surface area (Å²) in [6, 6.07) is 0. The van der Waals surface area contributed by atoms with Gasteiger partial charge in [0.1, 0.15) is 0 Å². The van der Waals surface area contributed by atoms with E-state index in [4.69, 9.17) is 9.90 Å². The van der Waals surface area contributed by atoms with E-state index in [-0.39, 0.29) is 51.7 Å². The number of hydrogen-bond acceptors (Lipinski definition) is 1. The summed E-state index contributed by atoms with van der Waals surface area (Å²) in [5.41, 5.74) is 0. The van der Waals surface area contributed by atoms with E-state index in [9.17, 15) is 0 Å². The predicted octanol–water partition coefficient (Wildman–Crippen LogP) is 0.438. The topological polar surface area (TPSA) is 37.3 Å². The third-order valence-corrected chi connectivity index (χ3v) is 0. The Morgan fingerprint density at radius 3 is 2.00 bits per heavy atom. The van der Waals surface area contributed by atoms with Crippen LogP contribution in [0, 0.1) is 0 Å². The van der Waals surface area contributed by atoms with Crippen molar-refractivity contribution in [2.45, 2.75) is 0 Å². The number of carbonyl (C=O) groups is 1. The molecule has 0 aliphatic heterocycles. The van der Waals surface area contributed by atoms with Crippen molar-refractivity contribution in [2.24, 2.45) is 0 Å². The van der Waals surface area contributed by atoms with Crippen molar-refractivity contribution in [2.75, 3.05) is 0 Å². The molecule has 0 aliphatic rings. The van der Waals surface area contributed by atoms with E-state index < -0.39 is 5.30 Å². The summed E-state index contributed by atoms with van der Waals surface area (Å²) in [4.78, 5) is 8.86. The monoisotopic (exact) mass is 218 g/mol. The van der Waals surface area contributed by atoms with Crippen molar-refractivity contribution in [3.63, 3.8) is 0 Å². The van der Waals surface area contributed by atoms with Gasteiger partial charge in [0, 0.05) is 0 Å². The first-order chi connectivity index (χ1) is 1.73. The van der Waals surface area contributed by atoms with Crippen LogP contribution in [-0.4, -0.2) is 59.3 Å². The molecule has 0 atom stereocenters. The minimum atomic E-state index is -1.14. The molecule has 0 spiro atoms. The largest absolute Gasteiger partial charge is 2.00 e. The van der Waals surface area contributed by atoms with Crippen LogP contribution in [-0.2, 0) is 0 Å². The van der Waals surface area contributed by atoms with Gasteiger partial charge >= 0.3 is 54.2 Å². The van der Waals surface area contributed by atoms with E-state index in [0.717, 1.165) is 0 Å². The average Bonchev–Trinajstić information content (AvgIpc) is 0.811. The summed E-state index contributed by atoms with van der Waals surface area (Å²) in [5, 5.41) is 6.14. The average molecular weight is 217 g/mol. The fourth-order valence-corrected chi connectivity index (χ4v) is 0. The molecule has 0 aromatic carbocycles. The summed E-state index contributed by atoms with van der Waals surface area (Å²) in [7, 11) is 0. The zero-order valence-electron chi connectivity index (χ0n) is 4.51. The van der Waals surface area contributed by atoms with Crippen molar-refractivity contribution in [3.05, 3.63) is 0 Å².